The number of para-hydroxylation sites is 1. The van der Waals surface area contributed by atoms with Crippen molar-refractivity contribution in [1.82, 2.24) is 5.32 Å². The minimum absolute atomic E-state index is 0.166. The summed E-state index contributed by atoms with van der Waals surface area (Å²) in [7, 11) is -3.96. The minimum Gasteiger partial charge on any atom is -0.378 e. The Morgan fingerprint density at radius 1 is 1.12 bits per heavy atom. The number of carbonyl (C=O) groups is 1. The van der Waals surface area contributed by atoms with Gasteiger partial charge in [-0.25, -0.2) is 8.42 Å². The van der Waals surface area contributed by atoms with Crippen molar-refractivity contribution in [3.63, 3.8) is 0 Å². The Bertz CT molecular complexity index is 900. The third-order valence-electron chi connectivity index (χ3n) is 3.32. The van der Waals surface area contributed by atoms with E-state index in [1.54, 1.807) is 30.3 Å². The molecule has 3 N–H and O–H groups in total. The molecule has 2 aromatic rings. The van der Waals surface area contributed by atoms with E-state index >= 15 is 0 Å². The van der Waals surface area contributed by atoms with E-state index < -0.39 is 14.9 Å². The van der Waals surface area contributed by atoms with E-state index in [2.05, 4.69) is 15.4 Å². The van der Waals surface area contributed by atoms with Gasteiger partial charge < -0.3 is 10.6 Å². The van der Waals surface area contributed by atoms with Crippen LogP contribution in [0.15, 0.2) is 53.4 Å². The summed E-state index contributed by atoms with van der Waals surface area (Å²) in [5, 5.41) is 16.6. The molecule has 26 heavy (non-hydrogen) atoms. The van der Waals surface area contributed by atoms with Crippen LogP contribution in [0.1, 0.15) is 6.92 Å². The summed E-state index contributed by atoms with van der Waals surface area (Å²) in [6, 6.07) is 11.8. The second-order valence-corrected chi connectivity index (χ2v) is 7.00. The van der Waals surface area contributed by atoms with Crippen LogP contribution in [-0.4, -0.2) is 32.3 Å². The molecule has 0 spiro atoms. The molecule has 2 aromatic carbocycles. The number of nitro groups is 1. The molecule has 0 fully saturated rings. The number of amides is 1. The molecule has 0 aromatic heterocycles. The van der Waals surface area contributed by atoms with Gasteiger partial charge in [0.05, 0.1) is 9.82 Å². The molecule has 9 nitrogen and oxygen atoms in total. The highest BCUT2D eigenvalue weighted by molar-refractivity contribution is 7.92. The van der Waals surface area contributed by atoms with Crippen LogP contribution in [0, 0.1) is 10.1 Å². The van der Waals surface area contributed by atoms with Crippen molar-refractivity contribution in [3.05, 3.63) is 58.6 Å². The van der Waals surface area contributed by atoms with Gasteiger partial charge in [-0.1, -0.05) is 18.2 Å². The Kier molecular flexibility index (Phi) is 6.12. The zero-order chi connectivity index (χ0) is 19.2. The molecule has 0 unspecified atom stereocenters. The number of hydrogen-bond donors (Lipinski definition) is 3. The van der Waals surface area contributed by atoms with Gasteiger partial charge in [0.25, 0.3) is 15.7 Å². The van der Waals surface area contributed by atoms with Gasteiger partial charge in [0.2, 0.25) is 5.91 Å². The van der Waals surface area contributed by atoms with Crippen LogP contribution in [-0.2, 0) is 14.8 Å². The maximum absolute atomic E-state index is 12.4. The number of rotatable bonds is 8. The molecule has 0 bridgehead atoms. The number of nitrogens with one attached hydrogen (secondary N) is 3. The van der Waals surface area contributed by atoms with E-state index in [-0.39, 0.29) is 35.3 Å². The van der Waals surface area contributed by atoms with E-state index in [0.29, 0.717) is 5.69 Å². The largest absolute Gasteiger partial charge is 0.378 e. The molecule has 0 aliphatic carbocycles. The monoisotopic (exact) mass is 378 g/mol. The Labute approximate surface area is 150 Å². The molecule has 2 rings (SSSR count). The van der Waals surface area contributed by atoms with Crippen LogP contribution in [0.25, 0.3) is 0 Å². The summed E-state index contributed by atoms with van der Waals surface area (Å²) in [4.78, 5) is 21.2. The van der Waals surface area contributed by atoms with Crippen LogP contribution in [0.4, 0.5) is 17.1 Å². The maximum Gasteiger partial charge on any atom is 0.293 e. The molecular formula is C16H18N4O5S. The normalized spacial score (nSPS) is 10.8. The van der Waals surface area contributed by atoms with Gasteiger partial charge in [0.1, 0.15) is 5.69 Å². The number of nitrogens with zero attached hydrogens (tertiary/aromatic N) is 1. The predicted octanol–water partition coefficient (Wildman–Crippen LogP) is 1.94. The van der Waals surface area contributed by atoms with Gasteiger partial charge in [0.15, 0.2) is 0 Å². The van der Waals surface area contributed by atoms with Crippen LogP contribution >= 0.6 is 0 Å². The Balaban J connectivity index is 2.21. The van der Waals surface area contributed by atoms with Crippen LogP contribution < -0.4 is 15.4 Å². The number of anilines is 2. The summed E-state index contributed by atoms with van der Waals surface area (Å²) in [5.74, 6) is -0.213. The van der Waals surface area contributed by atoms with E-state index in [1.165, 1.54) is 19.1 Å². The summed E-state index contributed by atoms with van der Waals surface area (Å²) in [6.07, 6.45) is 0. The maximum atomic E-state index is 12.4. The van der Waals surface area contributed by atoms with E-state index in [4.69, 9.17) is 0 Å². The molecular weight excluding hydrogens is 360 g/mol. The van der Waals surface area contributed by atoms with Crippen molar-refractivity contribution in [2.24, 2.45) is 0 Å². The first-order valence-corrected chi connectivity index (χ1v) is 9.12. The highest BCUT2D eigenvalue weighted by Gasteiger charge is 2.21. The van der Waals surface area contributed by atoms with E-state index in [1.807, 2.05) is 0 Å². The number of benzene rings is 2. The number of sulfonamides is 1. The van der Waals surface area contributed by atoms with Crippen LogP contribution in [0.3, 0.4) is 0 Å². The minimum atomic E-state index is -3.96. The fourth-order valence-electron chi connectivity index (χ4n) is 2.14. The molecule has 0 heterocycles. The first kappa shape index (κ1) is 19.2. The molecule has 0 saturated heterocycles. The molecule has 0 atom stereocenters. The Morgan fingerprint density at radius 3 is 2.42 bits per heavy atom. The predicted molar refractivity (Wildman–Crippen MR) is 97.5 cm³/mol. The van der Waals surface area contributed by atoms with Gasteiger partial charge in [-0.15, -0.1) is 0 Å². The summed E-state index contributed by atoms with van der Waals surface area (Å²) >= 11 is 0. The first-order chi connectivity index (χ1) is 12.3. The van der Waals surface area contributed by atoms with Crippen LogP contribution in [0.5, 0.6) is 0 Å². The Morgan fingerprint density at radius 2 is 1.81 bits per heavy atom. The highest BCUT2D eigenvalue weighted by Crippen LogP contribution is 2.28. The first-order valence-electron chi connectivity index (χ1n) is 7.64. The van der Waals surface area contributed by atoms with Crippen molar-refractivity contribution >= 4 is 33.0 Å². The summed E-state index contributed by atoms with van der Waals surface area (Å²) < 4.78 is 27.2. The number of carbonyl (C=O) groups excluding carboxylic acids is 1. The fourth-order valence-corrected chi connectivity index (χ4v) is 3.21. The van der Waals surface area contributed by atoms with E-state index in [0.717, 1.165) is 6.07 Å². The third kappa shape index (κ3) is 5.18. The average molecular weight is 378 g/mol. The zero-order valence-corrected chi connectivity index (χ0v) is 14.7. The van der Waals surface area contributed by atoms with Gasteiger partial charge in [-0.05, 0) is 24.3 Å². The standard InChI is InChI=1S/C16H18N4O5S/c1-12(21)17-9-10-18-15-8-7-14(11-16(15)20(22)23)26(24,25)19-13-5-3-2-4-6-13/h2-8,11,18-19H,9-10H2,1H3,(H,17,21). The molecule has 138 valence electrons. The van der Waals surface area contributed by atoms with Crippen molar-refractivity contribution < 1.29 is 18.1 Å². The average Bonchev–Trinajstić information content (AvgIpc) is 2.59. The SMILES string of the molecule is CC(=O)NCCNc1ccc(S(=O)(=O)Nc2ccccc2)cc1[N+](=O)[O-]. The fraction of sp³-hybridized carbons (Fsp3) is 0.188. The van der Waals surface area contributed by atoms with Gasteiger partial charge in [0, 0.05) is 31.8 Å². The van der Waals surface area contributed by atoms with Crippen molar-refractivity contribution in [3.8, 4) is 0 Å². The van der Waals surface area contributed by atoms with Crippen molar-refractivity contribution in [2.75, 3.05) is 23.1 Å². The highest BCUT2D eigenvalue weighted by atomic mass is 32.2. The van der Waals surface area contributed by atoms with E-state index in [9.17, 15) is 23.3 Å². The zero-order valence-electron chi connectivity index (χ0n) is 13.9. The van der Waals surface area contributed by atoms with Crippen LogP contribution in [0.2, 0.25) is 0 Å². The lowest BCUT2D eigenvalue weighted by molar-refractivity contribution is -0.384. The number of nitro benzene ring substituents is 1. The molecule has 0 aliphatic heterocycles. The summed E-state index contributed by atoms with van der Waals surface area (Å²) in [5.41, 5.74) is 0.149. The third-order valence-corrected chi connectivity index (χ3v) is 4.70. The lowest BCUT2D eigenvalue weighted by Gasteiger charge is -2.11. The van der Waals surface area contributed by atoms with Gasteiger partial charge in [-0.3, -0.25) is 19.6 Å². The van der Waals surface area contributed by atoms with Gasteiger partial charge >= 0.3 is 0 Å². The lowest BCUT2D eigenvalue weighted by atomic mass is 10.2. The van der Waals surface area contributed by atoms with Gasteiger partial charge in [-0.2, -0.15) is 0 Å². The second-order valence-electron chi connectivity index (χ2n) is 5.32. The molecule has 0 saturated carbocycles. The topological polar surface area (TPSA) is 130 Å². The molecule has 0 radical (unpaired) electrons. The lowest BCUT2D eigenvalue weighted by Crippen LogP contribution is -2.26. The molecule has 1 amide bonds. The number of hydrogen-bond acceptors (Lipinski definition) is 6. The Hall–Kier alpha value is -3.14. The van der Waals surface area contributed by atoms with Crippen molar-refractivity contribution in [1.29, 1.82) is 0 Å². The second kappa shape index (κ2) is 8.30. The summed E-state index contributed by atoms with van der Waals surface area (Å²) in [6.45, 7) is 1.90. The smallest absolute Gasteiger partial charge is 0.293 e. The molecule has 10 heteroatoms. The van der Waals surface area contributed by atoms with Crippen molar-refractivity contribution in [2.45, 2.75) is 11.8 Å². The molecule has 0 aliphatic rings. The quantitative estimate of drug-likeness (QED) is 0.366.